The molecule has 1 aromatic rings. The van der Waals surface area contributed by atoms with Gasteiger partial charge in [0.05, 0.1) is 5.56 Å². The summed E-state index contributed by atoms with van der Waals surface area (Å²) >= 11 is 0. The van der Waals surface area contributed by atoms with Crippen LogP contribution in [0.2, 0.25) is 0 Å². The van der Waals surface area contributed by atoms with E-state index in [4.69, 9.17) is 5.73 Å². The number of piperidine rings is 1. The number of likely N-dealkylation sites (tertiary alicyclic amines) is 1. The second-order valence-corrected chi connectivity index (χ2v) is 4.74. The summed E-state index contributed by atoms with van der Waals surface area (Å²) < 4.78 is 26.2. The van der Waals surface area contributed by atoms with Gasteiger partial charge in [0.2, 0.25) is 0 Å². The molecule has 0 spiro atoms. The Balaban J connectivity index is 1.78. The van der Waals surface area contributed by atoms with Gasteiger partial charge in [0.1, 0.15) is 11.6 Å². The molecule has 3 nitrogen and oxygen atoms in total. The number of amides is 1. The van der Waals surface area contributed by atoms with Crippen molar-refractivity contribution in [3.05, 3.63) is 35.4 Å². The number of carbonyl (C=O) groups excluding carboxylic acids is 1. The lowest BCUT2D eigenvalue weighted by Gasteiger charge is -2.19. The van der Waals surface area contributed by atoms with E-state index < -0.39 is 11.6 Å². The van der Waals surface area contributed by atoms with Crippen molar-refractivity contribution < 1.29 is 13.6 Å². The molecule has 1 heterocycles. The Bertz CT molecular complexity index is 479. The molecule has 1 amide bonds. The zero-order valence-corrected chi connectivity index (χ0v) is 9.07. The number of halogens is 2. The fraction of sp³-hybridized carbons (Fsp3) is 0.417. The molecule has 5 heteroatoms. The normalized spacial score (nSPS) is 30.3. The second-order valence-electron chi connectivity index (χ2n) is 4.74. The second kappa shape index (κ2) is 3.50. The predicted octanol–water partition coefficient (Wildman–Crippen LogP) is 0.994. The third-order valence-electron chi connectivity index (χ3n) is 3.71. The maximum Gasteiger partial charge on any atom is 0.256 e. The van der Waals surface area contributed by atoms with Crippen LogP contribution < -0.4 is 5.73 Å². The highest BCUT2D eigenvalue weighted by molar-refractivity contribution is 5.94. The molecule has 17 heavy (non-hydrogen) atoms. The molecular formula is C12H12F2N2O. The number of hydrogen-bond donors (Lipinski definition) is 1. The van der Waals surface area contributed by atoms with E-state index in [1.807, 2.05) is 0 Å². The van der Waals surface area contributed by atoms with Crippen molar-refractivity contribution in [1.29, 1.82) is 0 Å². The Morgan fingerprint density at radius 1 is 1.29 bits per heavy atom. The number of carbonyl (C=O) groups is 1. The molecule has 90 valence electrons. The summed E-state index contributed by atoms with van der Waals surface area (Å²) in [5, 5.41) is 0. The van der Waals surface area contributed by atoms with Crippen LogP contribution in [0.3, 0.4) is 0 Å². The van der Waals surface area contributed by atoms with E-state index in [-0.39, 0.29) is 17.5 Å². The van der Waals surface area contributed by atoms with Crippen LogP contribution in [-0.4, -0.2) is 29.9 Å². The molecule has 2 aliphatic rings. The molecule has 0 radical (unpaired) electrons. The van der Waals surface area contributed by atoms with E-state index in [1.54, 1.807) is 4.90 Å². The average Bonchev–Trinajstić information content (AvgIpc) is 2.75. The van der Waals surface area contributed by atoms with Gasteiger partial charge in [-0.25, -0.2) is 8.78 Å². The number of rotatable bonds is 1. The molecular weight excluding hydrogens is 226 g/mol. The van der Waals surface area contributed by atoms with Gasteiger partial charge in [-0.05, 0) is 24.0 Å². The molecule has 2 unspecified atom stereocenters. The molecule has 1 saturated carbocycles. The van der Waals surface area contributed by atoms with Crippen LogP contribution in [0.15, 0.2) is 18.2 Å². The maximum absolute atomic E-state index is 13.4. The number of hydrogen-bond acceptors (Lipinski definition) is 2. The molecule has 1 aliphatic heterocycles. The molecule has 0 aromatic heterocycles. The van der Waals surface area contributed by atoms with Crippen LogP contribution in [0.5, 0.6) is 0 Å². The van der Waals surface area contributed by atoms with Crippen LogP contribution in [0, 0.1) is 23.5 Å². The van der Waals surface area contributed by atoms with E-state index in [1.165, 1.54) is 6.07 Å². The minimum Gasteiger partial charge on any atom is -0.338 e. The molecule has 1 saturated heterocycles. The van der Waals surface area contributed by atoms with E-state index >= 15 is 0 Å². The SMILES string of the molecule is NC1C2CN(C(=O)c3ccc(F)cc3F)CC12. The van der Waals surface area contributed by atoms with Crippen molar-refractivity contribution in [1.82, 2.24) is 4.90 Å². The Morgan fingerprint density at radius 3 is 2.53 bits per heavy atom. The minimum atomic E-state index is -0.806. The lowest BCUT2D eigenvalue weighted by Crippen LogP contribution is -2.34. The van der Waals surface area contributed by atoms with Crippen LogP contribution >= 0.6 is 0 Å². The van der Waals surface area contributed by atoms with Gasteiger partial charge in [0.25, 0.3) is 5.91 Å². The van der Waals surface area contributed by atoms with Gasteiger partial charge < -0.3 is 10.6 Å². The van der Waals surface area contributed by atoms with Crippen molar-refractivity contribution in [2.45, 2.75) is 6.04 Å². The smallest absolute Gasteiger partial charge is 0.256 e. The Kier molecular flexibility index (Phi) is 2.19. The zero-order valence-electron chi connectivity index (χ0n) is 9.07. The highest BCUT2D eigenvalue weighted by Crippen LogP contribution is 2.44. The van der Waals surface area contributed by atoms with Crippen LogP contribution in [0.25, 0.3) is 0 Å². The fourth-order valence-corrected chi connectivity index (χ4v) is 2.57. The number of benzene rings is 1. The third-order valence-corrected chi connectivity index (χ3v) is 3.71. The van der Waals surface area contributed by atoms with Crippen molar-refractivity contribution in [3.8, 4) is 0 Å². The number of nitrogens with zero attached hydrogens (tertiary/aromatic N) is 1. The summed E-state index contributed by atoms with van der Waals surface area (Å²) in [7, 11) is 0. The molecule has 2 fully saturated rings. The Hall–Kier alpha value is -1.49. The monoisotopic (exact) mass is 238 g/mol. The quantitative estimate of drug-likeness (QED) is 0.793. The average molecular weight is 238 g/mol. The van der Waals surface area contributed by atoms with Crippen LogP contribution in [0.1, 0.15) is 10.4 Å². The standard InChI is InChI=1S/C12H12F2N2O/c13-6-1-2-7(10(14)3-6)12(17)16-4-8-9(5-16)11(8)15/h1-3,8-9,11H,4-5,15H2. The lowest BCUT2D eigenvalue weighted by molar-refractivity contribution is 0.0768. The number of fused-ring (bicyclic) bond motifs is 1. The zero-order chi connectivity index (χ0) is 12.2. The highest BCUT2D eigenvalue weighted by Gasteiger charge is 2.54. The Labute approximate surface area is 97.2 Å². The first-order valence-corrected chi connectivity index (χ1v) is 5.58. The van der Waals surface area contributed by atoms with Gasteiger partial charge in [-0.2, -0.15) is 0 Å². The Morgan fingerprint density at radius 2 is 1.94 bits per heavy atom. The van der Waals surface area contributed by atoms with Crippen LogP contribution in [0.4, 0.5) is 8.78 Å². The summed E-state index contributed by atoms with van der Waals surface area (Å²) in [4.78, 5) is 13.6. The summed E-state index contributed by atoms with van der Waals surface area (Å²) in [6.07, 6.45) is 0. The van der Waals surface area contributed by atoms with Crippen molar-refractivity contribution in [2.75, 3.05) is 13.1 Å². The molecule has 3 rings (SSSR count). The summed E-state index contributed by atoms with van der Waals surface area (Å²) in [5.41, 5.74) is 5.69. The van der Waals surface area contributed by atoms with Gasteiger partial charge >= 0.3 is 0 Å². The van der Waals surface area contributed by atoms with E-state index in [0.29, 0.717) is 24.9 Å². The lowest BCUT2D eigenvalue weighted by atomic mass is 10.1. The third kappa shape index (κ3) is 1.61. The fourth-order valence-electron chi connectivity index (χ4n) is 2.57. The van der Waals surface area contributed by atoms with Crippen molar-refractivity contribution >= 4 is 5.91 Å². The topological polar surface area (TPSA) is 46.3 Å². The molecule has 0 bridgehead atoms. The molecule has 2 N–H and O–H groups in total. The minimum absolute atomic E-state index is 0.0683. The number of nitrogens with two attached hydrogens (primary N) is 1. The summed E-state index contributed by atoms with van der Waals surface area (Å²) in [5.74, 6) is -1.13. The molecule has 1 aromatic carbocycles. The van der Waals surface area contributed by atoms with Gasteiger partial charge in [-0.15, -0.1) is 0 Å². The molecule has 1 aliphatic carbocycles. The van der Waals surface area contributed by atoms with Crippen molar-refractivity contribution in [3.63, 3.8) is 0 Å². The maximum atomic E-state index is 13.4. The highest BCUT2D eigenvalue weighted by atomic mass is 19.1. The first-order valence-electron chi connectivity index (χ1n) is 5.58. The summed E-state index contributed by atoms with van der Waals surface area (Å²) in [6.45, 7) is 1.17. The van der Waals surface area contributed by atoms with Gasteiger partial charge in [-0.3, -0.25) is 4.79 Å². The first-order chi connectivity index (χ1) is 8.08. The predicted molar refractivity (Wildman–Crippen MR) is 57.2 cm³/mol. The van der Waals surface area contributed by atoms with Crippen molar-refractivity contribution in [2.24, 2.45) is 17.6 Å². The largest absolute Gasteiger partial charge is 0.338 e. The van der Waals surface area contributed by atoms with Gasteiger partial charge in [0, 0.05) is 25.2 Å². The van der Waals surface area contributed by atoms with E-state index in [9.17, 15) is 13.6 Å². The first kappa shape index (κ1) is 10.7. The van der Waals surface area contributed by atoms with E-state index in [2.05, 4.69) is 0 Å². The van der Waals surface area contributed by atoms with Crippen LogP contribution in [-0.2, 0) is 0 Å². The van der Waals surface area contributed by atoms with Gasteiger partial charge in [-0.1, -0.05) is 0 Å². The van der Waals surface area contributed by atoms with E-state index in [0.717, 1.165) is 12.1 Å². The molecule has 2 atom stereocenters. The summed E-state index contributed by atoms with van der Waals surface area (Å²) in [6, 6.07) is 3.21. The van der Waals surface area contributed by atoms with Gasteiger partial charge in [0.15, 0.2) is 0 Å².